The number of alkyl halides is 2. The van der Waals surface area contributed by atoms with Crippen molar-refractivity contribution in [2.45, 2.75) is 45.8 Å². The number of fused-ring (bicyclic) bond motifs is 1. The van der Waals surface area contributed by atoms with Crippen LogP contribution in [0.3, 0.4) is 0 Å². The van der Waals surface area contributed by atoms with Crippen molar-refractivity contribution in [3.8, 4) is 5.75 Å². The third-order valence-electron chi connectivity index (χ3n) is 5.79. The van der Waals surface area contributed by atoms with Gasteiger partial charge in [-0.05, 0) is 13.8 Å². The van der Waals surface area contributed by atoms with Gasteiger partial charge in [0.1, 0.15) is 29.2 Å². The maximum atomic E-state index is 14.7. The molecule has 0 bridgehead atoms. The number of carbonyl (C=O) groups is 1. The predicted molar refractivity (Wildman–Crippen MR) is 120 cm³/mol. The first kappa shape index (κ1) is 23.5. The molecule has 0 spiro atoms. The fourth-order valence-corrected chi connectivity index (χ4v) is 4.02. The van der Waals surface area contributed by atoms with Gasteiger partial charge in [0.05, 0.1) is 23.5 Å². The van der Waals surface area contributed by atoms with E-state index in [-0.39, 0.29) is 34.8 Å². The van der Waals surface area contributed by atoms with E-state index in [2.05, 4.69) is 20.3 Å². The standard InChI is InChI=1S/C23H24F3N5O3/c1-11(15-5-4-6-16(19(15)24)20(25)26)27-21-17-9-18(23(33)30-22(17)29-12(2)28-21)34-14-7-8-31(10-14)13(3)32/h4-6,9,11,14,20H,7-8,10H2,1-3H3,(H2,27,28,29,30,33)/t11-,14+/m1/s1. The normalized spacial score (nSPS) is 16.8. The Hall–Kier alpha value is -3.63. The first-order valence-corrected chi connectivity index (χ1v) is 10.8. The number of anilines is 1. The number of H-pyrrole nitrogens is 1. The Morgan fingerprint density at radius 2 is 2.03 bits per heavy atom. The number of benzene rings is 1. The van der Waals surface area contributed by atoms with E-state index in [1.54, 1.807) is 18.7 Å². The van der Waals surface area contributed by atoms with Gasteiger partial charge in [0, 0.05) is 31.5 Å². The van der Waals surface area contributed by atoms with E-state index >= 15 is 0 Å². The molecule has 4 rings (SSSR count). The van der Waals surface area contributed by atoms with E-state index in [0.717, 1.165) is 6.07 Å². The van der Waals surface area contributed by atoms with Crippen LogP contribution in [0.2, 0.25) is 0 Å². The molecule has 1 amide bonds. The summed E-state index contributed by atoms with van der Waals surface area (Å²) >= 11 is 0. The molecule has 2 N–H and O–H groups in total. The predicted octanol–water partition coefficient (Wildman–Crippen LogP) is 3.88. The summed E-state index contributed by atoms with van der Waals surface area (Å²) in [4.78, 5) is 37.1. The van der Waals surface area contributed by atoms with Crippen molar-refractivity contribution in [3.05, 3.63) is 57.4 Å². The number of aromatic amines is 1. The van der Waals surface area contributed by atoms with Crippen LogP contribution in [-0.2, 0) is 4.79 Å². The zero-order valence-electron chi connectivity index (χ0n) is 18.9. The number of likely N-dealkylation sites (tertiary alicyclic amines) is 1. The Balaban J connectivity index is 1.66. The highest BCUT2D eigenvalue weighted by Gasteiger charge is 2.27. The minimum absolute atomic E-state index is 0.0388. The summed E-state index contributed by atoms with van der Waals surface area (Å²) in [6.07, 6.45) is -2.69. The Labute approximate surface area is 193 Å². The van der Waals surface area contributed by atoms with Crippen molar-refractivity contribution in [1.29, 1.82) is 0 Å². The van der Waals surface area contributed by atoms with Crippen molar-refractivity contribution in [3.63, 3.8) is 0 Å². The van der Waals surface area contributed by atoms with Gasteiger partial charge in [-0.1, -0.05) is 18.2 Å². The quantitative estimate of drug-likeness (QED) is 0.561. The van der Waals surface area contributed by atoms with E-state index in [9.17, 15) is 22.8 Å². The van der Waals surface area contributed by atoms with E-state index in [1.165, 1.54) is 25.1 Å². The molecular weight excluding hydrogens is 451 g/mol. The van der Waals surface area contributed by atoms with Gasteiger partial charge in [-0.3, -0.25) is 9.59 Å². The molecule has 0 unspecified atom stereocenters. The third-order valence-corrected chi connectivity index (χ3v) is 5.79. The Bertz CT molecular complexity index is 1300. The molecule has 2 aromatic heterocycles. The van der Waals surface area contributed by atoms with Crippen LogP contribution in [0.25, 0.3) is 11.0 Å². The fourth-order valence-electron chi connectivity index (χ4n) is 4.02. The summed E-state index contributed by atoms with van der Waals surface area (Å²) in [7, 11) is 0. The van der Waals surface area contributed by atoms with Gasteiger partial charge < -0.3 is 19.9 Å². The topological polar surface area (TPSA) is 100 Å². The molecule has 34 heavy (non-hydrogen) atoms. The van der Waals surface area contributed by atoms with E-state index in [4.69, 9.17) is 4.74 Å². The maximum Gasteiger partial charge on any atom is 0.291 e. The van der Waals surface area contributed by atoms with Crippen molar-refractivity contribution in [1.82, 2.24) is 19.9 Å². The van der Waals surface area contributed by atoms with Gasteiger partial charge in [0.25, 0.3) is 12.0 Å². The zero-order valence-corrected chi connectivity index (χ0v) is 18.9. The molecule has 11 heteroatoms. The lowest BCUT2D eigenvalue weighted by atomic mass is 10.0. The number of hydrogen-bond acceptors (Lipinski definition) is 6. The van der Waals surface area contributed by atoms with Gasteiger partial charge >= 0.3 is 0 Å². The molecule has 0 aliphatic carbocycles. The highest BCUT2D eigenvalue weighted by molar-refractivity contribution is 5.87. The number of halogens is 3. The summed E-state index contributed by atoms with van der Waals surface area (Å²) in [5, 5.41) is 3.46. The molecule has 1 saturated heterocycles. The monoisotopic (exact) mass is 475 g/mol. The van der Waals surface area contributed by atoms with Gasteiger partial charge in [0.15, 0.2) is 5.75 Å². The van der Waals surface area contributed by atoms with E-state index in [0.29, 0.717) is 30.7 Å². The van der Waals surface area contributed by atoms with Crippen LogP contribution in [0, 0.1) is 12.7 Å². The van der Waals surface area contributed by atoms with Gasteiger partial charge in [-0.2, -0.15) is 0 Å². The average Bonchev–Trinajstić information content (AvgIpc) is 3.23. The maximum absolute atomic E-state index is 14.7. The van der Waals surface area contributed by atoms with Crippen molar-refractivity contribution in [2.75, 3.05) is 18.4 Å². The first-order chi connectivity index (χ1) is 16.1. The number of aromatic nitrogens is 3. The largest absolute Gasteiger partial charge is 0.483 e. The van der Waals surface area contributed by atoms with Crippen molar-refractivity contribution < 1.29 is 22.7 Å². The molecule has 1 aliphatic rings. The molecule has 1 fully saturated rings. The second-order valence-corrected chi connectivity index (χ2v) is 8.26. The van der Waals surface area contributed by atoms with Gasteiger partial charge in [-0.25, -0.2) is 23.1 Å². The Morgan fingerprint density at radius 3 is 2.71 bits per heavy atom. The second kappa shape index (κ2) is 9.32. The number of hydrogen-bond donors (Lipinski definition) is 2. The van der Waals surface area contributed by atoms with Crippen LogP contribution in [0.15, 0.2) is 29.1 Å². The molecule has 8 nitrogen and oxygen atoms in total. The number of ether oxygens (including phenoxy) is 1. The molecule has 2 atom stereocenters. The number of nitrogens with one attached hydrogen (secondary N) is 2. The summed E-state index contributed by atoms with van der Waals surface area (Å²) in [6.45, 7) is 5.64. The summed E-state index contributed by atoms with van der Waals surface area (Å²) in [5.74, 6) is -0.375. The number of aryl methyl sites for hydroxylation is 1. The fraction of sp³-hybridized carbons (Fsp3) is 0.391. The first-order valence-electron chi connectivity index (χ1n) is 10.8. The third kappa shape index (κ3) is 4.68. The lowest BCUT2D eigenvalue weighted by Crippen LogP contribution is -2.29. The summed E-state index contributed by atoms with van der Waals surface area (Å²) < 4.78 is 46.8. The van der Waals surface area contributed by atoms with E-state index in [1.807, 2.05) is 0 Å². The number of rotatable bonds is 6. The summed E-state index contributed by atoms with van der Waals surface area (Å²) in [5.41, 5.74) is -0.857. The molecule has 180 valence electrons. The smallest absolute Gasteiger partial charge is 0.291 e. The van der Waals surface area contributed by atoms with Crippen LogP contribution < -0.4 is 15.6 Å². The average molecular weight is 475 g/mol. The van der Waals surface area contributed by atoms with E-state index < -0.39 is 29.4 Å². The van der Waals surface area contributed by atoms with Gasteiger partial charge in [0.2, 0.25) is 5.91 Å². The zero-order chi connectivity index (χ0) is 24.6. The second-order valence-electron chi connectivity index (χ2n) is 8.26. The van der Waals surface area contributed by atoms with Crippen LogP contribution in [-0.4, -0.2) is 45.0 Å². The number of pyridine rings is 1. The summed E-state index contributed by atoms with van der Waals surface area (Å²) in [6, 6.07) is 4.62. The minimum atomic E-state index is -2.94. The van der Waals surface area contributed by atoms with Crippen LogP contribution in [0.1, 0.15) is 49.7 Å². The Kier molecular flexibility index (Phi) is 6.45. The SMILES string of the molecule is CC(=O)N1CC[C@H](Oc2cc3c(N[C@H](C)c4cccc(C(F)F)c4F)nc(C)nc3[nH]c2=O)C1. The van der Waals surface area contributed by atoms with Crippen LogP contribution in [0.5, 0.6) is 5.75 Å². The molecule has 0 saturated carbocycles. The highest BCUT2D eigenvalue weighted by atomic mass is 19.3. The molecule has 3 heterocycles. The molecule has 1 aromatic carbocycles. The van der Waals surface area contributed by atoms with Crippen molar-refractivity contribution in [2.24, 2.45) is 0 Å². The molecule has 1 aliphatic heterocycles. The minimum Gasteiger partial charge on any atom is -0.483 e. The Morgan fingerprint density at radius 1 is 1.29 bits per heavy atom. The number of nitrogens with zero attached hydrogens (tertiary/aromatic N) is 3. The molecule has 0 radical (unpaired) electrons. The van der Waals surface area contributed by atoms with Crippen molar-refractivity contribution >= 4 is 22.8 Å². The number of carbonyl (C=O) groups excluding carboxylic acids is 1. The number of amides is 1. The van der Waals surface area contributed by atoms with Crippen LogP contribution in [0.4, 0.5) is 19.0 Å². The lowest BCUT2D eigenvalue weighted by Gasteiger charge is -2.19. The lowest BCUT2D eigenvalue weighted by molar-refractivity contribution is -0.128. The van der Waals surface area contributed by atoms with Gasteiger partial charge in [-0.15, -0.1) is 0 Å². The van der Waals surface area contributed by atoms with Crippen LogP contribution >= 0.6 is 0 Å². The highest BCUT2D eigenvalue weighted by Crippen LogP contribution is 2.30. The molecule has 3 aromatic rings. The molecular formula is C23H24F3N5O3.